The fourth-order valence-electron chi connectivity index (χ4n) is 2.41. The maximum Gasteiger partial charge on any atom is 0.404 e. The van der Waals surface area contributed by atoms with Crippen molar-refractivity contribution in [1.82, 2.24) is 10.3 Å². The van der Waals surface area contributed by atoms with Crippen LogP contribution in [-0.2, 0) is 6.42 Å². The fourth-order valence-corrected chi connectivity index (χ4v) is 2.41. The summed E-state index contributed by atoms with van der Waals surface area (Å²) in [6.07, 6.45) is 5.71. The topological polar surface area (TPSA) is 24.9 Å². The van der Waals surface area contributed by atoms with Gasteiger partial charge >= 0.3 is 6.18 Å². The average Bonchev–Trinajstić information content (AvgIpc) is 2.44. The number of rotatable bonds is 5. The largest absolute Gasteiger partial charge is 0.404 e. The van der Waals surface area contributed by atoms with Gasteiger partial charge in [0, 0.05) is 12.4 Å². The molecule has 0 radical (unpaired) electrons. The van der Waals surface area contributed by atoms with Crippen molar-refractivity contribution in [1.29, 1.82) is 0 Å². The summed E-state index contributed by atoms with van der Waals surface area (Å²) in [5.41, 5.74) is 0.651. The molecule has 1 N–H and O–H groups in total. The fraction of sp³-hybridized carbons (Fsp3) is 0.533. The minimum atomic E-state index is -4.23. The van der Waals surface area contributed by atoms with Gasteiger partial charge in [0.15, 0.2) is 0 Å². The van der Waals surface area contributed by atoms with E-state index in [1.165, 1.54) is 12.4 Å². The summed E-state index contributed by atoms with van der Waals surface area (Å²) < 4.78 is 39.2. The quantitative estimate of drug-likeness (QED) is 0.837. The third kappa shape index (κ3) is 4.63. The van der Waals surface area contributed by atoms with Crippen LogP contribution in [0.2, 0.25) is 0 Å². The summed E-state index contributed by atoms with van der Waals surface area (Å²) in [4.78, 5) is 3.83. The van der Waals surface area contributed by atoms with Gasteiger partial charge < -0.3 is 5.32 Å². The molecule has 0 aromatic carbocycles. The van der Waals surface area contributed by atoms with Crippen LogP contribution < -0.4 is 5.32 Å². The molecule has 20 heavy (non-hydrogen) atoms. The van der Waals surface area contributed by atoms with Crippen LogP contribution in [0, 0.1) is 5.92 Å². The summed E-state index contributed by atoms with van der Waals surface area (Å²) in [6, 6.07) is 1.77. The molecule has 110 valence electrons. The summed E-state index contributed by atoms with van der Waals surface area (Å²) in [6.45, 7) is 0.416. The minimum absolute atomic E-state index is 0.0470. The van der Waals surface area contributed by atoms with Crippen LogP contribution in [0.1, 0.15) is 24.8 Å². The Bertz CT molecular complexity index is 428. The van der Waals surface area contributed by atoms with E-state index in [1.54, 1.807) is 12.1 Å². The predicted octanol–water partition coefficient (Wildman–Crippen LogP) is 3.50. The summed E-state index contributed by atoms with van der Waals surface area (Å²) in [5.74, 6) is 0.308. The van der Waals surface area contributed by atoms with Crippen LogP contribution in [0.4, 0.5) is 13.2 Å². The van der Waals surface area contributed by atoms with E-state index in [0.29, 0.717) is 18.0 Å². The van der Waals surface area contributed by atoms with Crippen molar-refractivity contribution in [2.24, 2.45) is 5.92 Å². The molecule has 5 heteroatoms. The first-order chi connectivity index (χ1) is 9.55. The normalized spacial score (nSPS) is 20.9. The lowest BCUT2D eigenvalue weighted by Gasteiger charge is -2.25. The number of pyridine rings is 1. The molecule has 1 aliphatic rings. The molecule has 0 amide bonds. The molecular formula is C15H19F3N2. The van der Waals surface area contributed by atoms with Crippen molar-refractivity contribution < 1.29 is 13.2 Å². The van der Waals surface area contributed by atoms with Gasteiger partial charge in [-0.15, -0.1) is 0 Å². The van der Waals surface area contributed by atoms with Crippen LogP contribution in [0.3, 0.4) is 0 Å². The lowest BCUT2D eigenvalue weighted by Crippen LogP contribution is -2.45. The van der Waals surface area contributed by atoms with Crippen molar-refractivity contribution in [3.63, 3.8) is 0 Å². The maximum atomic E-state index is 13.1. The van der Waals surface area contributed by atoms with Crippen LogP contribution in [0.5, 0.6) is 0 Å². The Morgan fingerprint density at radius 2 is 2.00 bits per heavy atom. The Hall–Kier alpha value is -1.36. The second kappa shape index (κ2) is 6.88. The molecule has 0 unspecified atom stereocenters. The molecule has 0 aliphatic heterocycles. The molecule has 0 saturated carbocycles. The highest BCUT2D eigenvalue weighted by Crippen LogP contribution is 2.24. The van der Waals surface area contributed by atoms with Crippen LogP contribution in [0.15, 0.2) is 36.7 Å². The first-order valence-corrected chi connectivity index (χ1v) is 6.89. The zero-order valence-corrected chi connectivity index (χ0v) is 11.2. The highest BCUT2D eigenvalue weighted by atomic mass is 19.4. The van der Waals surface area contributed by atoms with E-state index in [9.17, 15) is 13.2 Å². The smallest absolute Gasteiger partial charge is 0.306 e. The Balaban J connectivity index is 1.92. The van der Waals surface area contributed by atoms with E-state index in [2.05, 4.69) is 22.5 Å². The van der Waals surface area contributed by atoms with E-state index in [-0.39, 0.29) is 6.42 Å². The SMILES string of the molecule is FC(F)(F)[C@@H](Cc1ccncc1)NC[C@@H]1CC=CCC1. The number of allylic oxidation sites excluding steroid dienone is 2. The van der Waals surface area contributed by atoms with Gasteiger partial charge in [0.25, 0.3) is 0 Å². The first kappa shape index (κ1) is 15.0. The average molecular weight is 284 g/mol. The third-order valence-corrected chi connectivity index (χ3v) is 3.61. The molecule has 2 rings (SSSR count). The molecule has 1 aromatic rings. The standard InChI is InChI=1S/C15H19F3N2/c16-15(17,18)14(10-12-6-8-19-9-7-12)20-11-13-4-2-1-3-5-13/h1-2,6-9,13-14,20H,3-5,10-11H2/t13-,14-/m1/s1. The van der Waals surface area contributed by atoms with Gasteiger partial charge in [-0.2, -0.15) is 13.2 Å². The lowest BCUT2D eigenvalue weighted by atomic mass is 9.94. The molecule has 2 nitrogen and oxygen atoms in total. The minimum Gasteiger partial charge on any atom is -0.306 e. The molecule has 0 saturated heterocycles. The molecule has 1 heterocycles. The zero-order valence-electron chi connectivity index (χ0n) is 11.2. The Labute approximate surface area is 117 Å². The van der Waals surface area contributed by atoms with E-state index in [1.807, 2.05) is 0 Å². The molecule has 0 fully saturated rings. The summed E-state index contributed by atoms with van der Waals surface area (Å²) in [5, 5.41) is 2.70. The van der Waals surface area contributed by atoms with Crippen molar-refractivity contribution in [3.05, 3.63) is 42.2 Å². The van der Waals surface area contributed by atoms with E-state index in [0.717, 1.165) is 19.3 Å². The van der Waals surface area contributed by atoms with Gasteiger partial charge in [0.1, 0.15) is 6.04 Å². The Morgan fingerprint density at radius 1 is 1.25 bits per heavy atom. The van der Waals surface area contributed by atoms with E-state index in [4.69, 9.17) is 0 Å². The van der Waals surface area contributed by atoms with Gasteiger partial charge in [-0.05, 0) is 55.8 Å². The van der Waals surface area contributed by atoms with Gasteiger partial charge in [0.05, 0.1) is 0 Å². The van der Waals surface area contributed by atoms with Crippen molar-refractivity contribution in [2.45, 2.75) is 37.9 Å². The number of aromatic nitrogens is 1. The molecule has 1 aromatic heterocycles. The number of halogens is 3. The number of nitrogens with one attached hydrogen (secondary N) is 1. The van der Waals surface area contributed by atoms with Crippen LogP contribution in [-0.4, -0.2) is 23.7 Å². The maximum absolute atomic E-state index is 13.1. The molecule has 1 aliphatic carbocycles. The first-order valence-electron chi connectivity index (χ1n) is 6.89. The van der Waals surface area contributed by atoms with Crippen molar-refractivity contribution >= 4 is 0 Å². The molecule has 0 bridgehead atoms. The number of hydrogen-bond acceptors (Lipinski definition) is 2. The van der Waals surface area contributed by atoms with E-state index < -0.39 is 12.2 Å². The molecular weight excluding hydrogens is 265 g/mol. The third-order valence-electron chi connectivity index (χ3n) is 3.61. The molecule has 0 spiro atoms. The van der Waals surface area contributed by atoms with Crippen LogP contribution in [0.25, 0.3) is 0 Å². The second-order valence-electron chi connectivity index (χ2n) is 5.21. The molecule has 2 atom stereocenters. The zero-order chi connectivity index (χ0) is 14.4. The van der Waals surface area contributed by atoms with Gasteiger partial charge in [-0.1, -0.05) is 12.2 Å². The Kier molecular flexibility index (Phi) is 5.17. The number of nitrogens with zero attached hydrogens (tertiary/aromatic N) is 1. The van der Waals surface area contributed by atoms with Crippen molar-refractivity contribution in [3.8, 4) is 0 Å². The van der Waals surface area contributed by atoms with Gasteiger partial charge in [-0.25, -0.2) is 0 Å². The monoisotopic (exact) mass is 284 g/mol. The second-order valence-corrected chi connectivity index (χ2v) is 5.21. The summed E-state index contributed by atoms with van der Waals surface area (Å²) >= 11 is 0. The lowest BCUT2D eigenvalue weighted by molar-refractivity contribution is -0.156. The van der Waals surface area contributed by atoms with Gasteiger partial charge in [-0.3, -0.25) is 4.98 Å². The van der Waals surface area contributed by atoms with Crippen LogP contribution >= 0.6 is 0 Å². The number of alkyl halides is 3. The highest BCUT2D eigenvalue weighted by Gasteiger charge is 2.39. The Morgan fingerprint density at radius 3 is 2.60 bits per heavy atom. The number of hydrogen-bond donors (Lipinski definition) is 1. The highest BCUT2D eigenvalue weighted by molar-refractivity contribution is 5.12. The van der Waals surface area contributed by atoms with E-state index >= 15 is 0 Å². The van der Waals surface area contributed by atoms with Crippen molar-refractivity contribution in [2.75, 3.05) is 6.54 Å². The van der Waals surface area contributed by atoms with Gasteiger partial charge in [0.2, 0.25) is 0 Å². The predicted molar refractivity (Wildman–Crippen MR) is 72.3 cm³/mol. The summed E-state index contributed by atoms with van der Waals surface area (Å²) in [7, 11) is 0.